The number of hydrogen-bond donors (Lipinski definition) is 1. The first-order valence-corrected chi connectivity index (χ1v) is 5.96. The van der Waals surface area contributed by atoms with E-state index in [1.165, 1.54) is 5.38 Å². The van der Waals surface area contributed by atoms with Crippen molar-refractivity contribution in [1.29, 1.82) is 0 Å². The molecule has 0 atom stereocenters. The maximum Gasteiger partial charge on any atom is 0.365 e. The Kier molecular flexibility index (Phi) is 4.39. The molecule has 1 aromatic rings. The van der Waals surface area contributed by atoms with Gasteiger partial charge in [0.1, 0.15) is 5.69 Å². The minimum atomic E-state index is -1.12. The van der Waals surface area contributed by atoms with Crippen LogP contribution in [0, 0.1) is 0 Å². The molecular weight excluding hydrogens is 240 g/mol. The third-order valence-electron chi connectivity index (χ3n) is 2.12. The largest absolute Gasteiger partial charge is 0.476 e. The van der Waals surface area contributed by atoms with Crippen molar-refractivity contribution in [3.05, 3.63) is 28.7 Å². The number of nitrogens with zero attached hydrogens (tertiary/aromatic N) is 2. The van der Waals surface area contributed by atoms with Crippen LogP contribution in [0.1, 0.15) is 34.1 Å². The standard InChI is InChI=1S/C11H14N2O3S/c1-4-5-13(7(2)3)10(14)8-6-17-9(12-8)11(15)16/h4,6-7H,1,5H2,2-3H3,(H,15,16). The van der Waals surface area contributed by atoms with E-state index >= 15 is 0 Å². The lowest BCUT2D eigenvalue weighted by atomic mass is 10.3. The van der Waals surface area contributed by atoms with Crippen LogP contribution in [0.2, 0.25) is 0 Å². The van der Waals surface area contributed by atoms with Gasteiger partial charge in [0.25, 0.3) is 5.91 Å². The van der Waals surface area contributed by atoms with E-state index < -0.39 is 5.97 Å². The van der Waals surface area contributed by atoms with E-state index in [4.69, 9.17) is 5.11 Å². The number of carboxylic acid groups (broad SMARTS) is 1. The van der Waals surface area contributed by atoms with E-state index in [-0.39, 0.29) is 22.7 Å². The molecule has 0 saturated carbocycles. The average molecular weight is 254 g/mol. The highest BCUT2D eigenvalue weighted by Crippen LogP contribution is 2.13. The summed E-state index contributed by atoms with van der Waals surface area (Å²) in [5.74, 6) is -1.39. The molecule has 0 fully saturated rings. The molecule has 17 heavy (non-hydrogen) atoms. The van der Waals surface area contributed by atoms with Crippen molar-refractivity contribution in [2.45, 2.75) is 19.9 Å². The lowest BCUT2D eigenvalue weighted by molar-refractivity contribution is 0.0696. The minimum Gasteiger partial charge on any atom is -0.476 e. The molecule has 0 aliphatic rings. The lowest BCUT2D eigenvalue weighted by Crippen LogP contribution is -2.37. The Labute approximate surface area is 103 Å². The Morgan fingerprint density at radius 1 is 1.65 bits per heavy atom. The van der Waals surface area contributed by atoms with Gasteiger partial charge < -0.3 is 10.0 Å². The van der Waals surface area contributed by atoms with Gasteiger partial charge in [0.15, 0.2) is 0 Å². The van der Waals surface area contributed by atoms with Gasteiger partial charge in [-0.15, -0.1) is 17.9 Å². The lowest BCUT2D eigenvalue weighted by Gasteiger charge is -2.24. The molecule has 0 aliphatic heterocycles. The third kappa shape index (κ3) is 3.13. The summed E-state index contributed by atoms with van der Waals surface area (Å²) in [6.07, 6.45) is 1.63. The van der Waals surface area contributed by atoms with E-state index in [1.807, 2.05) is 13.8 Å². The summed E-state index contributed by atoms with van der Waals surface area (Å²) in [5.41, 5.74) is 0.169. The van der Waals surface area contributed by atoms with Gasteiger partial charge in [0.2, 0.25) is 5.01 Å². The monoisotopic (exact) mass is 254 g/mol. The highest BCUT2D eigenvalue weighted by Gasteiger charge is 2.21. The van der Waals surface area contributed by atoms with Gasteiger partial charge in [-0.1, -0.05) is 6.08 Å². The van der Waals surface area contributed by atoms with Crippen molar-refractivity contribution in [2.75, 3.05) is 6.54 Å². The molecule has 0 spiro atoms. The number of carbonyl (C=O) groups is 2. The molecular formula is C11H14N2O3S. The molecule has 0 unspecified atom stereocenters. The highest BCUT2D eigenvalue weighted by molar-refractivity contribution is 7.11. The zero-order valence-electron chi connectivity index (χ0n) is 9.71. The van der Waals surface area contributed by atoms with Gasteiger partial charge in [0, 0.05) is 18.0 Å². The van der Waals surface area contributed by atoms with Crippen LogP contribution >= 0.6 is 11.3 Å². The number of rotatable bonds is 5. The third-order valence-corrected chi connectivity index (χ3v) is 2.95. The summed E-state index contributed by atoms with van der Waals surface area (Å²) in [5, 5.41) is 10.1. The molecule has 1 rings (SSSR count). The van der Waals surface area contributed by atoms with E-state index in [9.17, 15) is 9.59 Å². The number of aromatic nitrogens is 1. The van der Waals surface area contributed by atoms with Crippen LogP contribution in [0.3, 0.4) is 0 Å². The molecule has 6 heteroatoms. The van der Waals surface area contributed by atoms with Crippen molar-refractivity contribution in [2.24, 2.45) is 0 Å². The maximum atomic E-state index is 12.0. The molecule has 1 aromatic heterocycles. The molecule has 1 amide bonds. The summed E-state index contributed by atoms with van der Waals surface area (Å²) in [6, 6.07) is 0.00970. The van der Waals surface area contributed by atoms with Crippen LogP contribution in [0.25, 0.3) is 0 Å². The fourth-order valence-electron chi connectivity index (χ4n) is 1.28. The van der Waals surface area contributed by atoms with Gasteiger partial charge in [-0.25, -0.2) is 9.78 Å². The van der Waals surface area contributed by atoms with Crippen molar-refractivity contribution in [3.63, 3.8) is 0 Å². The Balaban J connectivity index is 2.92. The van der Waals surface area contributed by atoms with Crippen molar-refractivity contribution < 1.29 is 14.7 Å². The zero-order chi connectivity index (χ0) is 13.0. The number of amides is 1. The SMILES string of the molecule is C=CCN(C(=O)c1csc(C(=O)O)n1)C(C)C. The summed E-state index contributed by atoms with van der Waals surface area (Å²) in [4.78, 5) is 28.1. The summed E-state index contributed by atoms with van der Waals surface area (Å²) >= 11 is 0.949. The van der Waals surface area contributed by atoms with Gasteiger partial charge in [-0.3, -0.25) is 4.79 Å². The molecule has 0 aliphatic carbocycles. The fourth-order valence-corrected chi connectivity index (χ4v) is 1.91. The fraction of sp³-hybridized carbons (Fsp3) is 0.364. The van der Waals surface area contributed by atoms with Gasteiger partial charge in [0.05, 0.1) is 0 Å². The molecule has 5 nitrogen and oxygen atoms in total. The first kappa shape index (κ1) is 13.4. The molecule has 92 valence electrons. The van der Waals surface area contributed by atoms with Crippen LogP contribution < -0.4 is 0 Å². The zero-order valence-corrected chi connectivity index (χ0v) is 10.5. The number of carbonyl (C=O) groups excluding carboxylic acids is 1. The van der Waals surface area contributed by atoms with Gasteiger partial charge in [-0.05, 0) is 13.8 Å². The second-order valence-corrected chi connectivity index (χ2v) is 4.54. The first-order chi connectivity index (χ1) is 7.97. The highest BCUT2D eigenvalue weighted by atomic mass is 32.1. The molecule has 0 saturated heterocycles. The Morgan fingerprint density at radius 3 is 2.71 bits per heavy atom. The van der Waals surface area contributed by atoms with E-state index in [0.29, 0.717) is 6.54 Å². The van der Waals surface area contributed by atoms with Crippen molar-refractivity contribution in [1.82, 2.24) is 9.88 Å². The first-order valence-electron chi connectivity index (χ1n) is 5.08. The van der Waals surface area contributed by atoms with Crippen LogP contribution in [-0.4, -0.2) is 39.5 Å². The van der Waals surface area contributed by atoms with Crippen LogP contribution in [0.15, 0.2) is 18.0 Å². The minimum absolute atomic E-state index is 0.00970. The Hall–Kier alpha value is -1.69. The Morgan fingerprint density at radius 2 is 2.29 bits per heavy atom. The van der Waals surface area contributed by atoms with Crippen molar-refractivity contribution in [3.8, 4) is 0 Å². The number of hydrogen-bond acceptors (Lipinski definition) is 4. The summed E-state index contributed by atoms with van der Waals surface area (Å²) in [7, 11) is 0. The Bertz CT molecular complexity index is 440. The number of thiazole rings is 1. The second kappa shape index (κ2) is 5.58. The van der Waals surface area contributed by atoms with Gasteiger partial charge >= 0.3 is 5.97 Å². The molecule has 0 radical (unpaired) electrons. The van der Waals surface area contributed by atoms with Gasteiger partial charge in [-0.2, -0.15) is 0 Å². The second-order valence-electron chi connectivity index (χ2n) is 3.68. The smallest absolute Gasteiger partial charge is 0.365 e. The molecule has 1 heterocycles. The maximum absolute atomic E-state index is 12.0. The van der Waals surface area contributed by atoms with Crippen LogP contribution in [0.4, 0.5) is 0 Å². The van der Waals surface area contributed by atoms with E-state index in [1.54, 1.807) is 11.0 Å². The van der Waals surface area contributed by atoms with E-state index in [0.717, 1.165) is 11.3 Å². The van der Waals surface area contributed by atoms with Crippen molar-refractivity contribution >= 4 is 23.2 Å². The quantitative estimate of drug-likeness (QED) is 0.814. The van der Waals surface area contributed by atoms with Crippen LogP contribution in [0.5, 0.6) is 0 Å². The number of carboxylic acids is 1. The molecule has 0 bridgehead atoms. The predicted octanol–water partition coefficient (Wildman–Crippen LogP) is 1.88. The molecule has 1 N–H and O–H groups in total. The predicted molar refractivity (Wildman–Crippen MR) is 65.4 cm³/mol. The normalized spacial score (nSPS) is 10.3. The number of aromatic carboxylic acids is 1. The molecule has 0 aromatic carbocycles. The average Bonchev–Trinajstić information content (AvgIpc) is 2.73. The summed E-state index contributed by atoms with van der Waals surface area (Å²) < 4.78 is 0. The van der Waals surface area contributed by atoms with E-state index in [2.05, 4.69) is 11.6 Å². The topological polar surface area (TPSA) is 70.5 Å². The van der Waals surface area contributed by atoms with Crippen LogP contribution in [-0.2, 0) is 0 Å². The summed E-state index contributed by atoms with van der Waals surface area (Å²) in [6.45, 7) is 7.76.